The lowest BCUT2D eigenvalue weighted by molar-refractivity contribution is -0.151. The van der Waals surface area contributed by atoms with Crippen molar-refractivity contribution < 1.29 is 24.2 Å². The number of carbonyl (C=O) groups is 2. The van der Waals surface area contributed by atoms with Crippen LogP contribution in [-0.4, -0.2) is 49.5 Å². The van der Waals surface area contributed by atoms with Crippen molar-refractivity contribution in [2.75, 3.05) is 19.8 Å². The van der Waals surface area contributed by atoms with Crippen molar-refractivity contribution in [3.05, 3.63) is 0 Å². The van der Waals surface area contributed by atoms with Gasteiger partial charge in [-0.1, -0.05) is 0 Å². The van der Waals surface area contributed by atoms with Gasteiger partial charge in [0, 0.05) is 13.2 Å². The van der Waals surface area contributed by atoms with Crippen molar-refractivity contribution in [2.24, 2.45) is 5.92 Å². The van der Waals surface area contributed by atoms with Crippen LogP contribution in [0.4, 0.5) is 0 Å². The van der Waals surface area contributed by atoms with Crippen LogP contribution in [0.3, 0.4) is 0 Å². The number of esters is 1. The average molecular weight is 245 g/mol. The number of ether oxygens (including phenoxy) is 2. The summed E-state index contributed by atoms with van der Waals surface area (Å²) in [6.45, 7) is 3.03. The standard InChI is InChI=1S/C11H19NO5/c1-2-17-11(15)9(12-7-13)10(14)8-3-5-16-6-4-8/h7-10,14H,2-6H2,1H3,(H,12,13). The lowest BCUT2D eigenvalue weighted by atomic mass is 9.89. The number of carbonyl (C=O) groups excluding carboxylic acids is 2. The van der Waals surface area contributed by atoms with Crippen molar-refractivity contribution >= 4 is 12.4 Å². The maximum atomic E-state index is 11.6. The number of amides is 1. The van der Waals surface area contributed by atoms with Gasteiger partial charge in [0.15, 0.2) is 6.04 Å². The van der Waals surface area contributed by atoms with Crippen LogP contribution < -0.4 is 5.32 Å². The number of aliphatic hydroxyl groups is 1. The first-order chi connectivity index (χ1) is 8.20. The fourth-order valence-corrected chi connectivity index (χ4v) is 1.94. The summed E-state index contributed by atoms with van der Waals surface area (Å²) in [5.74, 6) is -0.649. The molecule has 0 bridgehead atoms. The van der Waals surface area contributed by atoms with Gasteiger partial charge in [0.05, 0.1) is 12.7 Å². The summed E-state index contributed by atoms with van der Waals surface area (Å²) in [4.78, 5) is 22.0. The summed E-state index contributed by atoms with van der Waals surface area (Å²) < 4.78 is 10.00. The number of nitrogens with one attached hydrogen (secondary N) is 1. The predicted octanol–water partition coefficient (Wildman–Crippen LogP) is -0.548. The highest BCUT2D eigenvalue weighted by Crippen LogP contribution is 2.21. The molecule has 0 aromatic rings. The van der Waals surface area contributed by atoms with E-state index in [1.807, 2.05) is 0 Å². The Morgan fingerprint density at radius 3 is 2.76 bits per heavy atom. The summed E-state index contributed by atoms with van der Waals surface area (Å²) in [5, 5.41) is 12.4. The van der Waals surface area contributed by atoms with Crippen LogP contribution in [0.5, 0.6) is 0 Å². The van der Waals surface area contributed by atoms with E-state index in [9.17, 15) is 14.7 Å². The van der Waals surface area contributed by atoms with E-state index in [2.05, 4.69) is 5.32 Å². The molecule has 2 atom stereocenters. The molecule has 2 unspecified atom stereocenters. The molecular weight excluding hydrogens is 226 g/mol. The summed E-state index contributed by atoms with van der Waals surface area (Å²) in [6, 6.07) is -0.990. The van der Waals surface area contributed by atoms with Gasteiger partial charge in [-0.2, -0.15) is 0 Å². The Labute approximate surface area is 100 Å². The molecule has 1 rings (SSSR count). The number of hydrogen-bond acceptors (Lipinski definition) is 5. The van der Waals surface area contributed by atoms with Crippen molar-refractivity contribution in [3.63, 3.8) is 0 Å². The van der Waals surface area contributed by atoms with Crippen molar-refractivity contribution in [3.8, 4) is 0 Å². The van der Waals surface area contributed by atoms with Crippen LogP contribution in [0.2, 0.25) is 0 Å². The maximum absolute atomic E-state index is 11.6. The molecule has 2 N–H and O–H groups in total. The van der Waals surface area contributed by atoms with E-state index in [0.717, 1.165) is 0 Å². The monoisotopic (exact) mass is 245 g/mol. The molecule has 1 aliphatic heterocycles. The second kappa shape index (κ2) is 7.24. The van der Waals surface area contributed by atoms with Gasteiger partial charge in [0.1, 0.15) is 0 Å². The lowest BCUT2D eigenvalue weighted by Crippen LogP contribution is -2.50. The molecule has 0 aromatic carbocycles. The van der Waals surface area contributed by atoms with Gasteiger partial charge < -0.3 is 19.9 Å². The first-order valence-corrected chi connectivity index (χ1v) is 5.82. The van der Waals surface area contributed by atoms with E-state index in [-0.39, 0.29) is 12.5 Å². The summed E-state index contributed by atoms with van der Waals surface area (Å²) in [6.07, 6.45) is 0.836. The van der Waals surface area contributed by atoms with Crippen molar-refractivity contribution in [2.45, 2.75) is 31.9 Å². The summed E-state index contributed by atoms with van der Waals surface area (Å²) >= 11 is 0. The maximum Gasteiger partial charge on any atom is 0.331 e. The summed E-state index contributed by atoms with van der Waals surface area (Å²) in [7, 11) is 0. The molecule has 0 radical (unpaired) electrons. The molecule has 0 aromatic heterocycles. The summed E-state index contributed by atoms with van der Waals surface area (Å²) in [5.41, 5.74) is 0. The Bertz CT molecular complexity index is 252. The van der Waals surface area contributed by atoms with E-state index in [1.165, 1.54) is 0 Å². The molecule has 1 heterocycles. The van der Waals surface area contributed by atoms with Gasteiger partial charge in [-0.25, -0.2) is 4.79 Å². The highest BCUT2D eigenvalue weighted by Gasteiger charge is 2.34. The third-order valence-corrected chi connectivity index (χ3v) is 2.88. The molecule has 0 saturated carbocycles. The highest BCUT2D eigenvalue weighted by molar-refractivity contribution is 5.79. The fourth-order valence-electron chi connectivity index (χ4n) is 1.94. The Morgan fingerprint density at radius 1 is 1.59 bits per heavy atom. The quantitative estimate of drug-likeness (QED) is 0.484. The molecule has 98 valence electrons. The normalized spacial score (nSPS) is 20.4. The number of rotatable bonds is 6. The van der Waals surface area contributed by atoms with Crippen molar-refractivity contribution in [1.82, 2.24) is 5.32 Å². The average Bonchev–Trinajstić information content (AvgIpc) is 2.36. The van der Waals surface area contributed by atoms with Crippen LogP contribution in [-0.2, 0) is 19.1 Å². The zero-order chi connectivity index (χ0) is 12.7. The Morgan fingerprint density at radius 2 is 2.24 bits per heavy atom. The van der Waals surface area contributed by atoms with Crippen LogP contribution in [0.25, 0.3) is 0 Å². The molecule has 1 amide bonds. The minimum absolute atomic E-state index is 0.0504. The Balaban J connectivity index is 2.60. The minimum atomic E-state index is -0.990. The third kappa shape index (κ3) is 3.98. The van der Waals surface area contributed by atoms with Crippen LogP contribution >= 0.6 is 0 Å². The molecule has 1 fully saturated rings. The van der Waals surface area contributed by atoms with Crippen LogP contribution in [0.1, 0.15) is 19.8 Å². The van der Waals surface area contributed by atoms with Crippen molar-refractivity contribution in [1.29, 1.82) is 0 Å². The fraction of sp³-hybridized carbons (Fsp3) is 0.818. The number of aliphatic hydroxyl groups excluding tert-OH is 1. The molecule has 0 aliphatic carbocycles. The van der Waals surface area contributed by atoms with Crippen LogP contribution in [0, 0.1) is 5.92 Å². The zero-order valence-electron chi connectivity index (χ0n) is 9.93. The second-order valence-corrected chi connectivity index (χ2v) is 3.95. The van der Waals surface area contributed by atoms with Gasteiger partial charge in [0.2, 0.25) is 6.41 Å². The van der Waals surface area contributed by atoms with Gasteiger partial charge in [0.25, 0.3) is 0 Å². The largest absolute Gasteiger partial charge is 0.464 e. The molecule has 17 heavy (non-hydrogen) atoms. The minimum Gasteiger partial charge on any atom is -0.464 e. The highest BCUT2D eigenvalue weighted by atomic mass is 16.5. The number of hydrogen-bond donors (Lipinski definition) is 2. The molecule has 6 nitrogen and oxygen atoms in total. The SMILES string of the molecule is CCOC(=O)C(NC=O)C(O)C1CCOCC1. The second-order valence-electron chi connectivity index (χ2n) is 3.95. The molecular formula is C11H19NO5. The Hall–Kier alpha value is -1.14. The zero-order valence-corrected chi connectivity index (χ0v) is 9.93. The third-order valence-electron chi connectivity index (χ3n) is 2.88. The van der Waals surface area contributed by atoms with Gasteiger partial charge >= 0.3 is 5.97 Å². The predicted molar refractivity (Wildman–Crippen MR) is 59.2 cm³/mol. The molecule has 0 spiro atoms. The van der Waals surface area contributed by atoms with Gasteiger partial charge in [-0.05, 0) is 25.7 Å². The van der Waals surface area contributed by atoms with E-state index in [0.29, 0.717) is 32.5 Å². The molecule has 1 saturated heterocycles. The van der Waals surface area contributed by atoms with E-state index in [4.69, 9.17) is 9.47 Å². The van der Waals surface area contributed by atoms with E-state index >= 15 is 0 Å². The van der Waals surface area contributed by atoms with Crippen LogP contribution in [0.15, 0.2) is 0 Å². The van der Waals surface area contributed by atoms with Gasteiger partial charge in [-0.15, -0.1) is 0 Å². The smallest absolute Gasteiger partial charge is 0.331 e. The Kier molecular flexibility index (Phi) is 5.93. The lowest BCUT2D eigenvalue weighted by Gasteiger charge is -2.30. The van der Waals surface area contributed by atoms with Gasteiger partial charge in [-0.3, -0.25) is 4.79 Å². The first-order valence-electron chi connectivity index (χ1n) is 5.82. The topological polar surface area (TPSA) is 84.9 Å². The van der Waals surface area contributed by atoms with E-state index in [1.54, 1.807) is 6.92 Å². The molecule has 6 heteroatoms. The first kappa shape index (κ1) is 13.9. The van der Waals surface area contributed by atoms with E-state index < -0.39 is 18.1 Å². The molecule has 1 aliphatic rings.